The number of hydrogen-bond acceptors (Lipinski definition) is 4. The maximum Gasteiger partial charge on any atom is 0.240 e. The van der Waals surface area contributed by atoms with Gasteiger partial charge in [0.15, 0.2) is 0 Å². The zero-order chi connectivity index (χ0) is 21.9. The summed E-state index contributed by atoms with van der Waals surface area (Å²) in [7, 11) is 0. The summed E-state index contributed by atoms with van der Waals surface area (Å²) >= 11 is 0. The van der Waals surface area contributed by atoms with E-state index in [0.29, 0.717) is 11.6 Å². The van der Waals surface area contributed by atoms with Crippen LogP contribution in [0.15, 0.2) is 71.6 Å². The van der Waals surface area contributed by atoms with Gasteiger partial charge in [-0.15, -0.1) is 35.9 Å². The molecule has 166 valence electrons. The summed E-state index contributed by atoms with van der Waals surface area (Å²) in [5, 5.41) is 16.9. The number of rotatable bonds is 4. The molecular formula is C26H29N2O2Pt-. The summed E-state index contributed by atoms with van der Waals surface area (Å²) in [6.07, 6.45) is 1.69. The largest absolute Gasteiger partial charge is 0.512 e. The Balaban J connectivity index is 0.00000341. The first-order chi connectivity index (χ1) is 14.1. The maximum atomic E-state index is 10.5. The number of benzene rings is 2. The molecule has 0 radical (unpaired) electrons. The van der Waals surface area contributed by atoms with Gasteiger partial charge in [-0.1, -0.05) is 71.0 Å². The molecule has 0 saturated carbocycles. The van der Waals surface area contributed by atoms with E-state index in [0.717, 1.165) is 22.0 Å². The van der Waals surface area contributed by atoms with Gasteiger partial charge in [0.1, 0.15) is 0 Å². The van der Waals surface area contributed by atoms with Gasteiger partial charge in [-0.05, 0) is 16.5 Å². The Morgan fingerprint density at radius 3 is 2.29 bits per heavy atom. The second kappa shape index (κ2) is 9.78. The third kappa shape index (κ3) is 6.27. The molecule has 1 heterocycles. The minimum atomic E-state index is -0.371. The third-order valence-corrected chi connectivity index (χ3v) is 4.73. The van der Waals surface area contributed by atoms with E-state index in [1.54, 1.807) is 6.08 Å². The van der Waals surface area contributed by atoms with Gasteiger partial charge in [0.05, 0.1) is 11.5 Å². The second-order valence-corrected chi connectivity index (χ2v) is 9.40. The average Bonchev–Trinajstić information content (AvgIpc) is 2.69. The summed E-state index contributed by atoms with van der Waals surface area (Å²) in [6, 6.07) is 20.9. The molecule has 0 fully saturated rings. The summed E-state index contributed by atoms with van der Waals surface area (Å²) in [5.41, 5.74) is 1.64. The molecule has 0 atom stereocenters. The number of aliphatic hydroxyl groups excluding tert-OH is 1. The van der Waals surface area contributed by atoms with E-state index in [2.05, 4.69) is 11.2 Å². The quantitative estimate of drug-likeness (QED) is 0.153. The Labute approximate surface area is 199 Å². The fraction of sp³-hybridized carbons (Fsp3) is 0.308. The van der Waals surface area contributed by atoms with Gasteiger partial charge in [-0.2, -0.15) is 0 Å². The first-order valence-corrected chi connectivity index (χ1v) is 10.1. The fourth-order valence-corrected chi connectivity index (χ4v) is 2.79. The number of nitrogens with zero attached hydrogens (tertiary/aromatic N) is 2. The Morgan fingerprint density at radius 1 is 1.00 bits per heavy atom. The SMILES string of the molecule is CC(C)(C)/C(O)=C/C(=N/Oc1cc2ccccc2c(-c2[c-]cccc2)n1)C(C)(C)C.[Pt]. The maximum absolute atomic E-state index is 10.5. The average molecular weight is 597 g/mol. The van der Waals surface area contributed by atoms with Crippen molar-refractivity contribution >= 4 is 16.5 Å². The molecule has 0 bridgehead atoms. The number of oxime groups is 1. The fourth-order valence-electron chi connectivity index (χ4n) is 2.79. The molecule has 0 spiro atoms. The zero-order valence-corrected chi connectivity index (χ0v) is 21.1. The summed E-state index contributed by atoms with van der Waals surface area (Å²) in [6.45, 7) is 11.9. The van der Waals surface area contributed by atoms with Gasteiger partial charge < -0.3 is 9.94 Å². The Hall–Kier alpha value is -2.45. The molecule has 2 aromatic carbocycles. The molecule has 3 rings (SSSR count). The van der Waals surface area contributed by atoms with Crippen molar-refractivity contribution in [2.75, 3.05) is 0 Å². The Morgan fingerprint density at radius 2 is 1.68 bits per heavy atom. The minimum Gasteiger partial charge on any atom is -0.512 e. The van der Waals surface area contributed by atoms with Crippen LogP contribution < -0.4 is 4.84 Å². The van der Waals surface area contributed by atoms with Crippen molar-refractivity contribution in [2.24, 2.45) is 16.0 Å². The molecule has 1 N–H and O–H groups in total. The van der Waals surface area contributed by atoms with Gasteiger partial charge in [0, 0.05) is 44.0 Å². The van der Waals surface area contributed by atoms with Crippen LogP contribution in [0.4, 0.5) is 0 Å². The van der Waals surface area contributed by atoms with Crippen molar-refractivity contribution in [3.8, 4) is 17.1 Å². The molecular weight excluding hydrogens is 567 g/mol. The van der Waals surface area contributed by atoms with E-state index in [1.807, 2.05) is 96.1 Å². The van der Waals surface area contributed by atoms with E-state index >= 15 is 0 Å². The topological polar surface area (TPSA) is 54.7 Å². The van der Waals surface area contributed by atoms with Crippen molar-refractivity contribution in [3.05, 3.63) is 72.5 Å². The third-order valence-electron chi connectivity index (χ3n) is 4.73. The van der Waals surface area contributed by atoms with Gasteiger partial charge in [-0.3, -0.25) is 4.98 Å². The molecule has 0 saturated heterocycles. The summed E-state index contributed by atoms with van der Waals surface area (Å²) < 4.78 is 0. The van der Waals surface area contributed by atoms with Crippen molar-refractivity contribution in [2.45, 2.75) is 41.5 Å². The van der Waals surface area contributed by atoms with Crippen LogP contribution in [0.3, 0.4) is 0 Å². The minimum absolute atomic E-state index is 0. The van der Waals surface area contributed by atoms with Crippen LogP contribution in [0, 0.1) is 16.9 Å². The molecule has 3 aromatic rings. The van der Waals surface area contributed by atoms with E-state index in [1.165, 1.54) is 0 Å². The van der Waals surface area contributed by atoms with Crippen molar-refractivity contribution in [1.82, 2.24) is 4.98 Å². The molecule has 0 aliphatic rings. The van der Waals surface area contributed by atoms with Gasteiger partial charge in [-0.25, -0.2) is 0 Å². The molecule has 1 aromatic heterocycles. The number of hydrogen-bond donors (Lipinski definition) is 1. The van der Waals surface area contributed by atoms with Crippen LogP contribution in [-0.4, -0.2) is 15.8 Å². The molecule has 0 amide bonds. The smallest absolute Gasteiger partial charge is 0.240 e. The number of aromatic nitrogens is 1. The predicted octanol–water partition coefficient (Wildman–Crippen LogP) is 6.97. The van der Waals surface area contributed by atoms with Crippen LogP contribution in [0.25, 0.3) is 22.0 Å². The first kappa shape index (κ1) is 24.8. The molecule has 0 unspecified atom stereocenters. The normalized spacial score (nSPS) is 13.1. The van der Waals surface area contributed by atoms with E-state index in [9.17, 15) is 5.11 Å². The van der Waals surface area contributed by atoms with Crippen molar-refractivity contribution in [3.63, 3.8) is 0 Å². The molecule has 4 nitrogen and oxygen atoms in total. The van der Waals surface area contributed by atoms with E-state index in [4.69, 9.17) is 9.82 Å². The number of allylic oxidation sites excluding steroid dienone is 2. The zero-order valence-electron chi connectivity index (χ0n) is 18.8. The van der Waals surface area contributed by atoms with Gasteiger partial charge >= 0.3 is 0 Å². The van der Waals surface area contributed by atoms with Gasteiger partial charge in [0.25, 0.3) is 0 Å². The standard InChI is InChI=1S/C26H29N2O2.Pt/c1-25(2,3)21(17-22(29)26(4,5)6)28-30-23-16-19-14-10-11-15-20(19)24(27-23)18-12-8-7-9-13-18;/h7-12,14-17,29H,1-6H3;/q-1;/b22-17-,28-21-;. The molecule has 5 heteroatoms. The summed E-state index contributed by atoms with van der Waals surface area (Å²) in [4.78, 5) is 10.5. The Bertz CT molecular complexity index is 1090. The number of aliphatic hydroxyl groups is 1. The summed E-state index contributed by atoms with van der Waals surface area (Å²) in [5.74, 6) is 0.650. The molecule has 0 aliphatic heterocycles. The molecule has 31 heavy (non-hydrogen) atoms. The second-order valence-electron chi connectivity index (χ2n) is 9.40. The van der Waals surface area contributed by atoms with Crippen LogP contribution in [0.5, 0.6) is 5.88 Å². The van der Waals surface area contributed by atoms with Crippen LogP contribution >= 0.6 is 0 Å². The first-order valence-electron chi connectivity index (χ1n) is 10.1. The van der Waals surface area contributed by atoms with Gasteiger partial charge in [0.2, 0.25) is 5.88 Å². The van der Waals surface area contributed by atoms with Crippen molar-refractivity contribution in [1.29, 1.82) is 0 Å². The Kier molecular flexibility index (Phi) is 7.83. The monoisotopic (exact) mass is 596 g/mol. The number of pyridine rings is 1. The number of fused-ring (bicyclic) bond motifs is 1. The predicted molar refractivity (Wildman–Crippen MR) is 124 cm³/mol. The van der Waals surface area contributed by atoms with Crippen LogP contribution in [-0.2, 0) is 21.1 Å². The van der Waals surface area contributed by atoms with Crippen molar-refractivity contribution < 1.29 is 31.0 Å². The van der Waals surface area contributed by atoms with Crippen LogP contribution in [0.2, 0.25) is 0 Å². The van der Waals surface area contributed by atoms with E-state index in [-0.39, 0.29) is 37.7 Å². The molecule has 0 aliphatic carbocycles. The van der Waals surface area contributed by atoms with E-state index < -0.39 is 0 Å². The van der Waals surface area contributed by atoms with Crippen LogP contribution in [0.1, 0.15) is 41.5 Å².